The number of ether oxygens (including phenoxy) is 2. The van der Waals surface area contributed by atoms with Gasteiger partial charge in [0.2, 0.25) is 0 Å². The minimum atomic E-state index is 0.353. The molecule has 0 saturated heterocycles. The number of hydrogen-bond acceptors (Lipinski definition) is 3. The van der Waals surface area contributed by atoms with E-state index in [4.69, 9.17) is 15.2 Å². The van der Waals surface area contributed by atoms with Crippen LogP contribution in [0.15, 0.2) is 18.2 Å². The minimum absolute atomic E-state index is 0.353. The van der Waals surface area contributed by atoms with Gasteiger partial charge >= 0.3 is 0 Å². The molecular formula is C17H27NO2. The predicted octanol–water partition coefficient (Wildman–Crippen LogP) is 3.54. The number of hydrogen-bond donors (Lipinski definition) is 1. The third kappa shape index (κ3) is 3.89. The van der Waals surface area contributed by atoms with Gasteiger partial charge in [-0.1, -0.05) is 25.8 Å². The second-order valence-electron chi connectivity index (χ2n) is 5.75. The topological polar surface area (TPSA) is 44.5 Å². The Hall–Kier alpha value is -1.22. The molecule has 1 aliphatic rings. The highest BCUT2D eigenvalue weighted by atomic mass is 16.5. The molecule has 3 nitrogen and oxygen atoms in total. The number of benzene rings is 1. The van der Waals surface area contributed by atoms with Gasteiger partial charge in [-0.2, -0.15) is 0 Å². The van der Waals surface area contributed by atoms with Crippen LogP contribution in [0.5, 0.6) is 11.5 Å². The van der Waals surface area contributed by atoms with E-state index in [0.717, 1.165) is 30.9 Å². The summed E-state index contributed by atoms with van der Waals surface area (Å²) in [5, 5.41) is 0. The molecule has 2 unspecified atom stereocenters. The Kier molecular flexibility index (Phi) is 5.72. The first-order valence-corrected chi connectivity index (χ1v) is 7.80. The van der Waals surface area contributed by atoms with Crippen molar-refractivity contribution in [3.05, 3.63) is 23.8 Å². The van der Waals surface area contributed by atoms with Gasteiger partial charge in [-0.15, -0.1) is 0 Å². The van der Waals surface area contributed by atoms with Gasteiger partial charge in [0.05, 0.1) is 13.7 Å². The van der Waals surface area contributed by atoms with Crippen LogP contribution in [0.1, 0.15) is 44.6 Å². The van der Waals surface area contributed by atoms with Crippen LogP contribution in [0.2, 0.25) is 0 Å². The van der Waals surface area contributed by atoms with E-state index in [0.29, 0.717) is 12.0 Å². The van der Waals surface area contributed by atoms with E-state index in [9.17, 15) is 0 Å². The third-order valence-electron chi connectivity index (χ3n) is 4.16. The lowest BCUT2D eigenvalue weighted by Gasteiger charge is -2.28. The quantitative estimate of drug-likeness (QED) is 0.865. The molecule has 1 fully saturated rings. The monoisotopic (exact) mass is 277 g/mol. The van der Waals surface area contributed by atoms with Crippen LogP contribution in [0.25, 0.3) is 0 Å². The molecule has 1 aromatic rings. The van der Waals surface area contributed by atoms with Crippen molar-refractivity contribution >= 4 is 0 Å². The van der Waals surface area contributed by atoms with Crippen LogP contribution in [-0.2, 0) is 6.42 Å². The maximum absolute atomic E-state index is 6.25. The molecule has 0 spiro atoms. The predicted molar refractivity (Wildman–Crippen MR) is 82.4 cm³/mol. The Morgan fingerprint density at radius 1 is 1.20 bits per heavy atom. The fourth-order valence-corrected chi connectivity index (χ4v) is 2.97. The van der Waals surface area contributed by atoms with Crippen LogP contribution in [-0.4, -0.2) is 19.8 Å². The van der Waals surface area contributed by atoms with E-state index in [1.165, 1.54) is 31.2 Å². The molecule has 1 aromatic carbocycles. The first kappa shape index (κ1) is 15.2. The highest BCUT2D eigenvalue weighted by molar-refractivity contribution is 5.43. The Bertz CT molecular complexity index is 419. The summed E-state index contributed by atoms with van der Waals surface area (Å²) in [6.07, 6.45) is 7.06. The maximum Gasteiger partial charge on any atom is 0.161 e. The molecular weight excluding hydrogens is 250 g/mol. The summed E-state index contributed by atoms with van der Waals surface area (Å²) >= 11 is 0. The van der Waals surface area contributed by atoms with Crippen LogP contribution in [0.4, 0.5) is 0 Å². The largest absolute Gasteiger partial charge is 0.493 e. The maximum atomic E-state index is 6.25. The van der Waals surface area contributed by atoms with Gasteiger partial charge in [-0.3, -0.25) is 0 Å². The van der Waals surface area contributed by atoms with Crippen LogP contribution in [0, 0.1) is 5.92 Å². The van der Waals surface area contributed by atoms with Crippen molar-refractivity contribution in [3.63, 3.8) is 0 Å². The lowest BCUT2D eigenvalue weighted by atomic mass is 9.81. The standard InChI is InChI=1S/C17H27NO2/c1-3-10-20-17-12-13(8-9-16(17)19-2)11-14-6-4-5-7-15(14)18/h8-9,12,14-15H,3-7,10-11,18H2,1-2H3. The van der Waals surface area contributed by atoms with Gasteiger partial charge in [0, 0.05) is 6.04 Å². The number of methoxy groups -OCH3 is 1. The number of rotatable bonds is 6. The molecule has 112 valence electrons. The van der Waals surface area contributed by atoms with Crippen molar-refractivity contribution < 1.29 is 9.47 Å². The van der Waals surface area contributed by atoms with Gasteiger partial charge in [0.1, 0.15) is 0 Å². The van der Waals surface area contributed by atoms with Crippen LogP contribution >= 0.6 is 0 Å². The third-order valence-corrected chi connectivity index (χ3v) is 4.16. The van der Waals surface area contributed by atoms with Crippen molar-refractivity contribution in [2.45, 2.75) is 51.5 Å². The average molecular weight is 277 g/mol. The lowest BCUT2D eigenvalue weighted by molar-refractivity contribution is 0.291. The summed E-state index contributed by atoms with van der Waals surface area (Å²) in [5.41, 5.74) is 7.55. The summed E-state index contributed by atoms with van der Waals surface area (Å²) in [7, 11) is 1.69. The normalized spacial score (nSPS) is 22.6. The van der Waals surface area contributed by atoms with E-state index in [2.05, 4.69) is 19.1 Å². The van der Waals surface area contributed by atoms with Crippen molar-refractivity contribution in [3.8, 4) is 11.5 Å². The summed E-state index contributed by atoms with van der Waals surface area (Å²) in [6.45, 7) is 2.83. The molecule has 1 aliphatic carbocycles. The Morgan fingerprint density at radius 2 is 2.00 bits per heavy atom. The van der Waals surface area contributed by atoms with Crippen molar-refractivity contribution in [2.75, 3.05) is 13.7 Å². The highest BCUT2D eigenvalue weighted by Gasteiger charge is 2.22. The fourth-order valence-electron chi connectivity index (χ4n) is 2.97. The SMILES string of the molecule is CCCOc1cc(CC2CCCCC2N)ccc1OC. The van der Waals surface area contributed by atoms with Crippen LogP contribution in [0.3, 0.4) is 0 Å². The summed E-state index contributed by atoms with van der Waals surface area (Å²) < 4.78 is 11.1. The summed E-state index contributed by atoms with van der Waals surface area (Å²) in [5.74, 6) is 2.28. The molecule has 0 aromatic heterocycles. The Balaban J connectivity index is 2.07. The van der Waals surface area contributed by atoms with Gasteiger partial charge in [-0.25, -0.2) is 0 Å². The zero-order valence-electron chi connectivity index (χ0n) is 12.7. The summed E-state index contributed by atoms with van der Waals surface area (Å²) in [6, 6.07) is 6.62. The molecule has 2 N–H and O–H groups in total. The molecule has 0 aliphatic heterocycles. The van der Waals surface area contributed by atoms with Gasteiger partial charge in [0.25, 0.3) is 0 Å². The first-order chi connectivity index (χ1) is 9.74. The molecule has 0 heterocycles. The molecule has 1 saturated carbocycles. The van der Waals surface area contributed by atoms with Gasteiger partial charge in [-0.05, 0) is 49.3 Å². The van der Waals surface area contributed by atoms with Gasteiger partial charge in [0.15, 0.2) is 11.5 Å². The number of nitrogens with two attached hydrogens (primary N) is 1. The van der Waals surface area contributed by atoms with Crippen LogP contribution < -0.4 is 15.2 Å². The molecule has 0 bridgehead atoms. The average Bonchev–Trinajstić information content (AvgIpc) is 2.47. The zero-order valence-corrected chi connectivity index (χ0v) is 12.7. The molecule has 3 heteroatoms. The van der Waals surface area contributed by atoms with E-state index in [1.54, 1.807) is 7.11 Å². The zero-order chi connectivity index (χ0) is 14.4. The smallest absolute Gasteiger partial charge is 0.161 e. The van der Waals surface area contributed by atoms with Gasteiger partial charge < -0.3 is 15.2 Å². The highest BCUT2D eigenvalue weighted by Crippen LogP contribution is 2.31. The molecule has 2 rings (SSSR count). The molecule has 0 amide bonds. The summed E-state index contributed by atoms with van der Waals surface area (Å²) in [4.78, 5) is 0. The Labute approximate surface area is 122 Å². The molecule has 0 radical (unpaired) electrons. The Morgan fingerprint density at radius 3 is 2.70 bits per heavy atom. The molecule has 20 heavy (non-hydrogen) atoms. The van der Waals surface area contributed by atoms with E-state index in [1.807, 2.05) is 6.07 Å². The second-order valence-corrected chi connectivity index (χ2v) is 5.75. The van der Waals surface area contributed by atoms with Crippen molar-refractivity contribution in [1.82, 2.24) is 0 Å². The fraction of sp³-hybridized carbons (Fsp3) is 0.647. The molecule has 2 atom stereocenters. The minimum Gasteiger partial charge on any atom is -0.493 e. The lowest BCUT2D eigenvalue weighted by Crippen LogP contribution is -2.34. The van der Waals surface area contributed by atoms with E-state index < -0.39 is 0 Å². The van der Waals surface area contributed by atoms with E-state index in [-0.39, 0.29) is 0 Å². The second kappa shape index (κ2) is 7.53. The van der Waals surface area contributed by atoms with Crippen molar-refractivity contribution in [1.29, 1.82) is 0 Å². The first-order valence-electron chi connectivity index (χ1n) is 7.80. The van der Waals surface area contributed by atoms with E-state index >= 15 is 0 Å². The van der Waals surface area contributed by atoms with Crippen molar-refractivity contribution in [2.24, 2.45) is 11.7 Å².